The quantitative estimate of drug-likeness (QED) is 0.363. The smallest absolute Gasteiger partial charge is 0.188 e. The third kappa shape index (κ3) is 3.45. The maximum absolute atomic E-state index is 12.1. The lowest BCUT2D eigenvalue weighted by Crippen LogP contribution is -2.62. The fourth-order valence-corrected chi connectivity index (χ4v) is 8.29. The van der Waals surface area contributed by atoms with Gasteiger partial charge in [0.15, 0.2) is 6.29 Å². The molecule has 0 unspecified atom stereocenters. The van der Waals surface area contributed by atoms with Crippen LogP contribution >= 0.6 is 0 Å². The van der Waals surface area contributed by atoms with Gasteiger partial charge in [0.25, 0.3) is 0 Å². The van der Waals surface area contributed by atoms with Crippen molar-refractivity contribution in [2.24, 2.45) is 29.1 Å². The van der Waals surface area contributed by atoms with Crippen molar-refractivity contribution in [2.75, 3.05) is 6.61 Å². The van der Waals surface area contributed by atoms with Gasteiger partial charge in [0.05, 0.1) is 6.61 Å². The summed E-state index contributed by atoms with van der Waals surface area (Å²) in [7, 11) is 0. The summed E-state index contributed by atoms with van der Waals surface area (Å²) in [5.41, 5.74) is 1.59. The SMILES string of the molecule is C#C[C@@]1(O[C@H]2O[C@@H](CO)[C@H](O)[C@@H](O)[C@@H]2O)CC[C@H]2[C@@H]3[C@H](C)CC4=C(CCC(=O)C4)[C@H]3CC[C@@]21C. The Bertz CT molecular complexity index is 905. The summed E-state index contributed by atoms with van der Waals surface area (Å²) < 4.78 is 12.1. The Morgan fingerprint density at radius 2 is 1.91 bits per heavy atom. The van der Waals surface area contributed by atoms with Gasteiger partial charge >= 0.3 is 0 Å². The van der Waals surface area contributed by atoms with Crippen LogP contribution in [0.15, 0.2) is 11.1 Å². The average molecular weight is 475 g/mol. The first-order valence-corrected chi connectivity index (χ1v) is 12.8. The van der Waals surface area contributed by atoms with Crippen LogP contribution in [0.5, 0.6) is 0 Å². The summed E-state index contributed by atoms with van der Waals surface area (Å²) in [6.45, 7) is 4.00. The number of aliphatic hydroxyl groups is 4. The molecule has 7 nitrogen and oxygen atoms in total. The van der Waals surface area contributed by atoms with Gasteiger partial charge < -0.3 is 29.9 Å². The number of terminal acetylenes is 1. The third-order valence-corrected chi connectivity index (χ3v) is 10.1. The molecule has 11 atom stereocenters. The van der Waals surface area contributed by atoms with Crippen LogP contribution in [0.2, 0.25) is 0 Å². The third-order valence-electron chi connectivity index (χ3n) is 10.1. The van der Waals surface area contributed by atoms with Gasteiger partial charge in [-0.3, -0.25) is 4.79 Å². The predicted octanol–water partition coefficient (Wildman–Crippen LogP) is 1.71. The van der Waals surface area contributed by atoms with E-state index < -0.39 is 42.9 Å². The van der Waals surface area contributed by atoms with E-state index in [4.69, 9.17) is 15.9 Å². The number of ether oxygens (including phenoxy) is 2. The number of hydrogen-bond acceptors (Lipinski definition) is 7. The van der Waals surface area contributed by atoms with Gasteiger partial charge in [0.1, 0.15) is 35.8 Å². The summed E-state index contributed by atoms with van der Waals surface area (Å²) in [5.74, 6) is 5.07. The molecule has 0 aromatic carbocycles. The van der Waals surface area contributed by atoms with Crippen molar-refractivity contribution in [3.05, 3.63) is 11.1 Å². The summed E-state index contributed by atoms with van der Waals surface area (Å²) >= 11 is 0. The number of ketones is 1. The molecule has 1 saturated heterocycles. The second kappa shape index (κ2) is 8.69. The lowest BCUT2D eigenvalue weighted by molar-refractivity contribution is -0.331. The van der Waals surface area contributed by atoms with E-state index in [0.29, 0.717) is 48.7 Å². The van der Waals surface area contributed by atoms with Crippen LogP contribution in [0.3, 0.4) is 0 Å². The molecule has 0 radical (unpaired) electrons. The summed E-state index contributed by atoms with van der Waals surface area (Å²) in [4.78, 5) is 12.1. The van der Waals surface area contributed by atoms with E-state index in [9.17, 15) is 25.2 Å². The highest BCUT2D eigenvalue weighted by atomic mass is 16.7. The molecule has 188 valence electrons. The summed E-state index contributed by atoms with van der Waals surface area (Å²) in [6, 6.07) is 0. The molecular formula is C27H38O7. The molecular weight excluding hydrogens is 436 g/mol. The van der Waals surface area contributed by atoms with E-state index >= 15 is 0 Å². The molecule has 2 saturated carbocycles. The van der Waals surface area contributed by atoms with Crippen molar-refractivity contribution >= 4 is 5.78 Å². The minimum Gasteiger partial charge on any atom is -0.394 e. The molecule has 5 rings (SSSR count). The van der Waals surface area contributed by atoms with E-state index in [0.717, 1.165) is 32.1 Å². The van der Waals surface area contributed by atoms with Crippen LogP contribution in [0.25, 0.3) is 0 Å². The molecule has 4 N–H and O–H groups in total. The second-order valence-corrected chi connectivity index (χ2v) is 11.6. The Hall–Kier alpha value is -1.27. The first-order chi connectivity index (χ1) is 16.2. The molecule has 1 aliphatic heterocycles. The van der Waals surface area contributed by atoms with Gasteiger partial charge in [-0.25, -0.2) is 0 Å². The zero-order chi connectivity index (χ0) is 24.4. The van der Waals surface area contributed by atoms with Crippen molar-refractivity contribution < 1.29 is 34.7 Å². The maximum atomic E-state index is 12.1. The summed E-state index contributed by atoms with van der Waals surface area (Å²) in [5, 5.41) is 40.6. The second-order valence-electron chi connectivity index (χ2n) is 11.6. The molecule has 4 aliphatic carbocycles. The highest BCUT2D eigenvalue weighted by molar-refractivity contribution is 5.82. The Balaban J connectivity index is 1.43. The van der Waals surface area contributed by atoms with Gasteiger partial charge in [-0.15, -0.1) is 6.42 Å². The average Bonchev–Trinajstić information content (AvgIpc) is 3.11. The number of hydrogen-bond donors (Lipinski definition) is 4. The Labute approximate surface area is 201 Å². The molecule has 5 aliphatic rings. The number of Topliss-reactive ketones (excluding diaryl/α,β-unsaturated/α-hetero) is 1. The van der Waals surface area contributed by atoms with Gasteiger partial charge in [-0.05, 0) is 62.2 Å². The van der Waals surface area contributed by atoms with Crippen LogP contribution < -0.4 is 0 Å². The fourth-order valence-electron chi connectivity index (χ4n) is 8.29. The molecule has 0 bridgehead atoms. The van der Waals surface area contributed by atoms with E-state index in [1.165, 1.54) is 11.1 Å². The first-order valence-electron chi connectivity index (χ1n) is 12.8. The molecule has 0 aromatic heterocycles. The number of allylic oxidation sites excluding steroid dienone is 2. The van der Waals surface area contributed by atoms with E-state index in [-0.39, 0.29) is 5.41 Å². The largest absolute Gasteiger partial charge is 0.394 e. The number of aliphatic hydroxyl groups excluding tert-OH is 4. The monoisotopic (exact) mass is 474 g/mol. The van der Waals surface area contributed by atoms with E-state index in [1.54, 1.807) is 0 Å². The number of rotatable bonds is 3. The minimum atomic E-state index is -1.50. The van der Waals surface area contributed by atoms with Crippen LogP contribution in [0.4, 0.5) is 0 Å². The fraction of sp³-hybridized carbons (Fsp3) is 0.815. The van der Waals surface area contributed by atoms with E-state index in [1.807, 2.05) is 0 Å². The summed E-state index contributed by atoms with van der Waals surface area (Å²) in [6.07, 6.45) is 6.05. The van der Waals surface area contributed by atoms with Crippen molar-refractivity contribution in [3.8, 4) is 12.3 Å². The van der Waals surface area contributed by atoms with Crippen LogP contribution in [-0.4, -0.2) is 69.1 Å². The minimum absolute atomic E-state index is 0.335. The van der Waals surface area contributed by atoms with Crippen molar-refractivity contribution in [1.29, 1.82) is 0 Å². The van der Waals surface area contributed by atoms with Gasteiger partial charge in [-0.1, -0.05) is 30.9 Å². The van der Waals surface area contributed by atoms with Crippen molar-refractivity contribution in [3.63, 3.8) is 0 Å². The van der Waals surface area contributed by atoms with Crippen LogP contribution in [-0.2, 0) is 14.3 Å². The van der Waals surface area contributed by atoms with Crippen LogP contribution in [0.1, 0.15) is 65.2 Å². The number of carbonyl (C=O) groups excluding carboxylic acids is 1. The highest BCUT2D eigenvalue weighted by Gasteiger charge is 2.65. The lowest BCUT2D eigenvalue weighted by Gasteiger charge is -2.56. The molecule has 1 heterocycles. The zero-order valence-corrected chi connectivity index (χ0v) is 20.2. The van der Waals surface area contributed by atoms with Gasteiger partial charge in [0, 0.05) is 18.3 Å². The molecule has 7 heteroatoms. The molecule has 34 heavy (non-hydrogen) atoms. The normalized spacial score (nSPS) is 50.9. The van der Waals surface area contributed by atoms with E-state index in [2.05, 4.69) is 19.8 Å². The van der Waals surface area contributed by atoms with Crippen molar-refractivity contribution in [2.45, 2.75) is 102 Å². The Morgan fingerprint density at radius 1 is 1.15 bits per heavy atom. The standard InChI is InChI=1S/C27H38O7/c1-4-27(34-25-24(32)23(31)22(30)20(13-28)33-25)10-8-19-21-14(2)11-15-12-16(29)5-6-17(15)18(21)7-9-26(19,27)3/h1,14,18-25,28,30-32H,5-13H2,2-3H3/t14-,18-,19+,20+,21-,22+,23-,24+,25-,26+,27-/m1/s1. The highest BCUT2D eigenvalue weighted by Crippen LogP contribution is 2.66. The zero-order valence-electron chi connectivity index (χ0n) is 20.2. The van der Waals surface area contributed by atoms with Crippen LogP contribution in [0, 0.1) is 41.4 Å². The molecule has 3 fully saturated rings. The van der Waals surface area contributed by atoms with Gasteiger partial charge in [0.2, 0.25) is 0 Å². The Morgan fingerprint density at radius 3 is 2.62 bits per heavy atom. The molecule has 0 spiro atoms. The van der Waals surface area contributed by atoms with Crippen molar-refractivity contribution in [1.82, 2.24) is 0 Å². The number of carbonyl (C=O) groups is 1. The maximum Gasteiger partial charge on any atom is 0.188 e. The first kappa shape index (κ1) is 24.4. The lowest BCUT2D eigenvalue weighted by atomic mass is 9.50. The predicted molar refractivity (Wildman–Crippen MR) is 123 cm³/mol. The Kier molecular flexibility index (Phi) is 6.24. The molecule has 0 amide bonds. The number of fused-ring (bicyclic) bond motifs is 4. The topological polar surface area (TPSA) is 116 Å². The van der Waals surface area contributed by atoms with Gasteiger partial charge in [-0.2, -0.15) is 0 Å². The molecule has 0 aromatic rings.